The maximum absolute atomic E-state index is 14.8. The van der Waals surface area contributed by atoms with Gasteiger partial charge in [0.25, 0.3) is 15.9 Å². The average Bonchev–Trinajstić information content (AvgIpc) is 3.08. The van der Waals surface area contributed by atoms with Crippen LogP contribution in [-0.2, 0) is 10.0 Å². The third-order valence-corrected chi connectivity index (χ3v) is 7.55. The minimum atomic E-state index is -4.41. The summed E-state index contributed by atoms with van der Waals surface area (Å²) < 4.78 is 48.3. The van der Waals surface area contributed by atoms with Crippen molar-refractivity contribution in [2.45, 2.75) is 57.1 Å². The molecule has 0 saturated carbocycles. The van der Waals surface area contributed by atoms with Gasteiger partial charge in [0, 0.05) is 29.3 Å². The summed E-state index contributed by atoms with van der Waals surface area (Å²) >= 11 is 0. The van der Waals surface area contributed by atoms with Gasteiger partial charge in [-0.1, -0.05) is 19.9 Å². The molecule has 1 atom stereocenters. The van der Waals surface area contributed by atoms with Crippen molar-refractivity contribution in [2.75, 3.05) is 23.8 Å². The first-order chi connectivity index (χ1) is 18.6. The van der Waals surface area contributed by atoms with Gasteiger partial charge in [-0.25, -0.2) is 24.1 Å². The van der Waals surface area contributed by atoms with Gasteiger partial charge in [0.1, 0.15) is 28.9 Å². The van der Waals surface area contributed by atoms with E-state index < -0.39 is 37.9 Å². The van der Waals surface area contributed by atoms with Crippen molar-refractivity contribution in [1.82, 2.24) is 19.7 Å². The summed E-state index contributed by atoms with van der Waals surface area (Å²) in [5.74, 6) is -0.909. The molecule has 3 aromatic rings. The van der Waals surface area contributed by atoms with Gasteiger partial charge >= 0.3 is 0 Å². The van der Waals surface area contributed by atoms with E-state index in [9.17, 15) is 17.6 Å². The number of hydrogen-bond acceptors (Lipinski definition) is 10. The summed E-state index contributed by atoms with van der Waals surface area (Å²) in [5, 5.41) is -0.442. The molecule has 1 aliphatic heterocycles. The molecule has 1 saturated heterocycles. The number of nitrogens with zero attached hydrogens (tertiary/aromatic N) is 4. The molecule has 13 heteroatoms. The van der Waals surface area contributed by atoms with Crippen molar-refractivity contribution in [3.63, 3.8) is 0 Å². The molecule has 0 radical (unpaired) electrons. The number of hydrogen-bond donors (Lipinski definition) is 3. The van der Waals surface area contributed by atoms with E-state index in [2.05, 4.69) is 9.97 Å². The SMILES string of the molecule is CC(C)COc1cc(F)cc(-c2nc(N3C[C@](C)(N)CC3(C)C)cnc2C(=O)NS(=O)(=O)c2cccc(N)n2)c1. The standard InChI is InChI=1S/C27H34FN7O4S/c1-16(2)13-39-19-10-17(9-18(28)11-19)23-24(25(36)34-40(37,38)22-8-6-7-20(29)32-22)31-12-21(33-23)35-15-27(5,30)14-26(35,3)4/h6-12,16H,13-15,30H2,1-5H3,(H2,29,32)(H,34,36)/t27-/m1/s1. The summed E-state index contributed by atoms with van der Waals surface area (Å²) in [7, 11) is -4.41. The Labute approximate surface area is 233 Å². The van der Waals surface area contributed by atoms with Gasteiger partial charge in [0.05, 0.1) is 12.8 Å². The Morgan fingerprint density at radius 3 is 2.55 bits per heavy atom. The molecule has 0 spiro atoms. The maximum Gasteiger partial charge on any atom is 0.285 e. The van der Waals surface area contributed by atoms with Crippen LogP contribution < -0.4 is 25.8 Å². The highest BCUT2D eigenvalue weighted by atomic mass is 32.2. The van der Waals surface area contributed by atoms with Crippen molar-refractivity contribution in [1.29, 1.82) is 0 Å². The number of pyridine rings is 1. The monoisotopic (exact) mass is 571 g/mol. The molecule has 1 fully saturated rings. The maximum atomic E-state index is 14.8. The third-order valence-electron chi connectivity index (χ3n) is 6.31. The van der Waals surface area contributed by atoms with E-state index in [0.717, 1.165) is 0 Å². The zero-order chi connectivity index (χ0) is 29.5. The van der Waals surface area contributed by atoms with Crippen molar-refractivity contribution in [3.8, 4) is 17.0 Å². The number of benzene rings is 1. The van der Waals surface area contributed by atoms with Crippen LogP contribution in [0.3, 0.4) is 0 Å². The van der Waals surface area contributed by atoms with Crippen LogP contribution in [0, 0.1) is 11.7 Å². The number of nitrogen functional groups attached to an aromatic ring is 1. The minimum Gasteiger partial charge on any atom is -0.493 e. The number of amides is 1. The molecule has 3 heterocycles. The van der Waals surface area contributed by atoms with Gasteiger partial charge in [0.15, 0.2) is 10.7 Å². The van der Waals surface area contributed by atoms with E-state index in [1.807, 2.05) is 44.2 Å². The van der Waals surface area contributed by atoms with Crippen LogP contribution >= 0.6 is 0 Å². The fourth-order valence-electron chi connectivity index (χ4n) is 4.83. The third kappa shape index (κ3) is 6.48. The second-order valence-electron chi connectivity index (χ2n) is 11.4. The molecule has 11 nitrogen and oxygen atoms in total. The molecule has 40 heavy (non-hydrogen) atoms. The van der Waals surface area contributed by atoms with E-state index in [4.69, 9.17) is 21.2 Å². The lowest BCUT2D eigenvalue weighted by Gasteiger charge is -2.32. The summed E-state index contributed by atoms with van der Waals surface area (Å²) in [5.41, 5.74) is 11.0. The number of aromatic nitrogens is 3. The quantitative estimate of drug-likeness (QED) is 0.365. The molecular formula is C27H34FN7O4S. The van der Waals surface area contributed by atoms with Gasteiger partial charge < -0.3 is 21.1 Å². The number of sulfonamides is 1. The lowest BCUT2D eigenvalue weighted by molar-refractivity contribution is 0.0977. The summed E-state index contributed by atoms with van der Waals surface area (Å²) in [4.78, 5) is 28.1. The molecule has 2 aromatic heterocycles. The number of carbonyl (C=O) groups excluding carboxylic acids is 1. The molecule has 5 N–H and O–H groups in total. The van der Waals surface area contributed by atoms with Crippen LogP contribution in [0.25, 0.3) is 11.3 Å². The Balaban J connectivity index is 1.81. The topological polar surface area (TPSA) is 166 Å². The van der Waals surface area contributed by atoms with Crippen LogP contribution in [0.2, 0.25) is 0 Å². The fourth-order valence-corrected chi connectivity index (χ4v) is 5.76. The largest absolute Gasteiger partial charge is 0.493 e. The van der Waals surface area contributed by atoms with Crippen LogP contribution in [0.5, 0.6) is 5.75 Å². The molecule has 1 aromatic carbocycles. The molecule has 214 valence electrons. The molecular weight excluding hydrogens is 537 g/mol. The number of halogens is 1. The van der Waals surface area contributed by atoms with E-state index in [0.29, 0.717) is 25.4 Å². The number of anilines is 2. The number of rotatable bonds is 8. The highest BCUT2D eigenvalue weighted by Crippen LogP contribution is 2.38. The first-order valence-electron chi connectivity index (χ1n) is 12.7. The minimum absolute atomic E-state index is 0.0268. The van der Waals surface area contributed by atoms with Crippen LogP contribution in [0.1, 0.15) is 51.5 Å². The fraction of sp³-hybridized carbons (Fsp3) is 0.407. The predicted octanol–water partition coefficient (Wildman–Crippen LogP) is 3.12. The molecule has 1 aliphatic rings. The molecule has 4 rings (SSSR count). The highest BCUT2D eigenvalue weighted by Gasteiger charge is 2.44. The van der Waals surface area contributed by atoms with Crippen molar-refractivity contribution >= 4 is 27.6 Å². The Kier molecular flexibility index (Phi) is 7.74. The number of ether oxygens (including phenoxy) is 1. The van der Waals surface area contributed by atoms with Gasteiger partial charge in [-0.2, -0.15) is 8.42 Å². The zero-order valence-corrected chi connectivity index (χ0v) is 23.9. The summed E-state index contributed by atoms with van der Waals surface area (Å²) in [6.07, 6.45) is 2.04. The lowest BCUT2D eigenvalue weighted by Crippen LogP contribution is -2.40. The van der Waals surface area contributed by atoms with Crippen LogP contribution in [0.4, 0.5) is 16.0 Å². The first kappa shape index (κ1) is 29.2. The van der Waals surface area contributed by atoms with E-state index in [1.165, 1.54) is 42.6 Å². The highest BCUT2D eigenvalue weighted by molar-refractivity contribution is 7.90. The second-order valence-corrected chi connectivity index (χ2v) is 13.0. The van der Waals surface area contributed by atoms with E-state index in [1.54, 1.807) is 0 Å². The summed E-state index contributed by atoms with van der Waals surface area (Å²) in [6.45, 7) is 10.7. The normalized spacial score (nSPS) is 18.6. The smallest absolute Gasteiger partial charge is 0.285 e. The van der Waals surface area contributed by atoms with Gasteiger partial charge in [0.2, 0.25) is 0 Å². The Hall–Kier alpha value is -3.84. The Morgan fingerprint density at radius 2 is 1.93 bits per heavy atom. The van der Waals surface area contributed by atoms with Gasteiger partial charge in [-0.3, -0.25) is 4.79 Å². The van der Waals surface area contributed by atoms with E-state index in [-0.39, 0.29) is 34.4 Å². The average molecular weight is 572 g/mol. The van der Waals surface area contributed by atoms with Gasteiger partial charge in [-0.15, -0.1) is 0 Å². The van der Waals surface area contributed by atoms with Crippen LogP contribution in [0.15, 0.2) is 47.6 Å². The number of nitrogens with two attached hydrogens (primary N) is 2. The van der Waals surface area contributed by atoms with Crippen molar-refractivity contribution < 1.29 is 22.3 Å². The second kappa shape index (κ2) is 10.6. The zero-order valence-electron chi connectivity index (χ0n) is 23.1. The lowest BCUT2D eigenvalue weighted by atomic mass is 9.93. The van der Waals surface area contributed by atoms with Crippen molar-refractivity contribution in [3.05, 3.63) is 54.1 Å². The van der Waals surface area contributed by atoms with Crippen LogP contribution in [-0.4, -0.2) is 53.5 Å². The van der Waals surface area contributed by atoms with E-state index >= 15 is 0 Å². The number of nitrogens with one attached hydrogen (secondary N) is 1. The first-order valence-corrected chi connectivity index (χ1v) is 14.2. The Morgan fingerprint density at radius 1 is 1.20 bits per heavy atom. The molecule has 0 bridgehead atoms. The molecule has 1 amide bonds. The summed E-state index contributed by atoms with van der Waals surface area (Å²) in [6, 6.07) is 7.96. The predicted molar refractivity (Wildman–Crippen MR) is 150 cm³/mol. The van der Waals surface area contributed by atoms with Crippen molar-refractivity contribution in [2.24, 2.45) is 11.7 Å². The molecule has 0 unspecified atom stereocenters. The van der Waals surface area contributed by atoms with Gasteiger partial charge in [-0.05, 0) is 57.4 Å². The number of carbonyl (C=O) groups is 1. The molecule has 0 aliphatic carbocycles. The Bertz CT molecular complexity index is 1540.